The van der Waals surface area contributed by atoms with Crippen molar-refractivity contribution in [2.75, 3.05) is 0 Å². The minimum absolute atomic E-state index is 0.112. The van der Waals surface area contributed by atoms with Crippen LogP contribution in [0.2, 0.25) is 0 Å². The number of aryl methyl sites for hydroxylation is 1. The first-order valence-electron chi connectivity index (χ1n) is 5.97. The summed E-state index contributed by atoms with van der Waals surface area (Å²) in [6.45, 7) is 5.05. The summed E-state index contributed by atoms with van der Waals surface area (Å²) in [5, 5.41) is 20.0. The van der Waals surface area contributed by atoms with Gasteiger partial charge in [-0.1, -0.05) is 15.9 Å². The molecule has 2 atom stereocenters. The highest BCUT2D eigenvalue weighted by molar-refractivity contribution is 9.10. The van der Waals surface area contributed by atoms with Crippen LogP contribution in [-0.4, -0.2) is 16.6 Å². The van der Waals surface area contributed by atoms with Gasteiger partial charge in [0.05, 0.1) is 17.1 Å². The highest BCUT2D eigenvalue weighted by Crippen LogP contribution is 2.35. The fourth-order valence-electron chi connectivity index (χ4n) is 1.89. The molecule has 0 aliphatic carbocycles. The van der Waals surface area contributed by atoms with Crippen LogP contribution < -0.4 is 10.5 Å². The number of rotatable bonds is 5. The third-order valence-corrected chi connectivity index (χ3v) is 3.16. The van der Waals surface area contributed by atoms with Crippen LogP contribution >= 0.6 is 15.9 Å². The monoisotopic (exact) mass is 341 g/mol. The summed E-state index contributed by atoms with van der Waals surface area (Å²) in [6.07, 6.45) is -0.140. The Labute approximate surface area is 125 Å². The molecule has 20 heavy (non-hydrogen) atoms. The molecule has 0 aromatic heterocycles. The molecule has 0 fully saturated rings. The first-order chi connectivity index (χ1) is 9.16. The lowest BCUT2D eigenvalue weighted by Crippen LogP contribution is -2.38. The Morgan fingerprint density at radius 2 is 2.25 bits per heavy atom. The van der Waals surface area contributed by atoms with Crippen LogP contribution in [0.1, 0.15) is 25.8 Å². The smallest absolute Gasteiger partial charge is 0.312 e. The van der Waals surface area contributed by atoms with Crippen LogP contribution in [0.15, 0.2) is 16.6 Å². The third-order valence-electron chi connectivity index (χ3n) is 2.70. The number of nitrogens with two attached hydrogens (primary N) is 1. The quantitative estimate of drug-likeness (QED) is 0.654. The summed E-state index contributed by atoms with van der Waals surface area (Å²) in [4.78, 5) is 10.6. The topological polar surface area (TPSA) is 102 Å². The molecule has 0 heterocycles. The minimum atomic E-state index is -1.03. The van der Waals surface area contributed by atoms with E-state index in [1.807, 2.05) is 6.07 Å². The van der Waals surface area contributed by atoms with E-state index >= 15 is 0 Å². The van der Waals surface area contributed by atoms with Crippen molar-refractivity contribution < 1.29 is 9.66 Å². The van der Waals surface area contributed by atoms with Gasteiger partial charge >= 0.3 is 5.69 Å². The van der Waals surface area contributed by atoms with Crippen molar-refractivity contribution in [1.82, 2.24) is 0 Å². The summed E-state index contributed by atoms with van der Waals surface area (Å²) in [5.41, 5.74) is 5.25. The average Bonchev–Trinajstić information content (AvgIpc) is 2.31. The van der Waals surface area contributed by atoms with E-state index < -0.39 is 16.6 Å². The van der Waals surface area contributed by atoms with Gasteiger partial charge in [0.1, 0.15) is 5.54 Å². The number of hydrogen-bond acceptors (Lipinski definition) is 5. The maximum Gasteiger partial charge on any atom is 0.312 e. The number of hydrogen-bond donors (Lipinski definition) is 1. The first-order valence-corrected chi connectivity index (χ1v) is 6.77. The Morgan fingerprint density at radius 3 is 2.75 bits per heavy atom. The molecule has 0 amide bonds. The number of nitro groups is 1. The maximum absolute atomic E-state index is 11.1. The number of benzene rings is 1. The molecule has 0 aliphatic rings. The normalized spacial score (nSPS) is 15.0. The van der Waals surface area contributed by atoms with Crippen LogP contribution in [0.25, 0.3) is 0 Å². The van der Waals surface area contributed by atoms with E-state index in [9.17, 15) is 10.1 Å². The highest BCUT2D eigenvalue weighted by atomic mass is 79.9. The molecular formula is C13H16BrN3O3. The average molecular weight is 342 g/mol. The van der Waals surface area contributed by atoms with Gasteiger partial charge in [0.15, 0.2) is 5.75 Å². The fraction of sp³-hybridized carbons (Fsp3) is 0.462. The van der Waals surface area contributed by atoms with Gasteiger partial charge in [0.25, 0.3) is 0 Å². The Morgan fingerprint density at radius 1 is 1.65 bits per heavy atom. The maximum atomic E-state index is 11.1. The van der Waals surface area contributed by atoms with Crippen LogP contribution in [0.4, 0.5) is 5.69 Å². The predicted molar refractivity (Wildman–Crippen MR) is 78.4 cm³/mol. The van der Waals surface area contributed by atoms with Crippen LogP contribution in [0.3, 0.4) is 0 Å². The van der Waals surface area contributed by atoms with Gasteiger partial charge < -0.3 is 10.5 Å². The molecule has 0 radical (unpaired) electrons. The molecule has 1 rings (SSSR count). The number of nitrogens with zero attached hydrogens (tertiary/aromatic N) is 2. The molecule has 7 heteroatoms. The molecule has 0 saturated carbocycles. The second kappa shape index (κ2) is 6.20. The predicted octanol–water partition coefficient (Wildman–Crippen LogP) is 3.06. The Kier molecular flexibility index (Phi) is 5.09. The van der Waals surface area contributed by atoms with E-state index in [0.717, 1.165) is 0 Å². The van der Waals surface area contributed by atoms with E-state index in [-0.39, 0.29) is 17.9 Å². The fourth-order valence-corrected chi connectivity index (χ4v) is 2.45. The summed E-state index contributed by atoms with van der Waals surface area (Å²) >= 11 is 3.22. The van der Waals surface area contributed by atoms with Crippen LogP contribution in [-0.2, 0) is 0 Å². The molecular weight excluding hydrogens is 326 g/mol. The lowest BCUT2D eigenvalue weighted by Gasteiger charge is -2.22. The van der Waals surface area contributed by atoms with Crippen molar-refractivity contribution in [3.05, 3.63) is 32.3 Å². The van der Waals surface area contributed by atoms with E-state index in [2.05, 4.69) is 15.9 Å². The summed E-state index contributed by atoms with van der Waals surface area (Å²) < 4.78 is 6.25. The molecule has 2 N–H and O–H groups in total. The Bertz CT molecular complexity index is 567. The van der Waals surface area contributed by atoms with Crippen molar-refractivity contribution >= 4 is 21.6 Å². The highest BCUT2D eigenvalue weighted by Gasteiger charge is 2.25. The summed E-state index contributed by atoms with van der Waals surface area (Å²) in [7, 11) is 0. The van der Waals surface area contributed by atoms with Crippen molar-refractivity contribution in [1.29, 1.82) is 5.26 Å². The van der Waals surface area contributed by atoms with Gasteiger partial charge in [-0.25, -0.2) is 0 Å². The SMILES string of the molecule is Cc1cc(Br)cc([N+](=O)[O-])c1OC(C)CC(C)(N)C#N. The molecule has 1 aromatic rings. The largest absolute Gasteiger partial charge is 0.483 e. The van der Waals surface area contributed by atoms with Crippen LogP contribution in [0, 0.1) is 28.4 Å². The lowest BCUT2D eigenvalue weighted by molar-refractivity contribution is -0.386. The molecule has 6 nitrogen and oxygen atoms in total. The molecule has 108 valence electrons. The number of ether oxygens (including phenoxy) is 1. The van der Waals surface area contributed by atoms with E-state index in [1.54, 1.807) is 26.8 Å². The van der Waals surface area contributed by atoms with E-state index in [4.69, 9.17) is 15.7 Å². The molecule has 1 aromatic carbocycles. The molecule has 0 bridgehead atoms. The Balaban J connectivity index is 3.04. The summed E-state index contributed by atoms with van der Waals surface area (Å²) in [5.74, 6) is 0.208. The zero-order valence-corrected chi connectivity index (χ0v) is 13.1. The number of nitriles is 1. The second-order valence-electron chi connectivity index (χ2n) is 4.99. The zero-order valence-electron chi connectivity index (χ0n) is 11.5. The number of nitro benzene ring substituents is 1. The third kappa shape index (κ3) is 4.18. The van der Waals surface area contributed by atoms with Gasteiger partial charge in [-0.05, 0) is 32.4 Å². The van der Waals surface area contributed by atoms with E-state index in [1.165, 1.54) is 6.07 Å². The van der Waals surface area contributed by atoms with Crippen molar-refractivity contribution in [2.45, 2.75) is 38.8 Å². The molecule has 2 unspecified atom stereocenters. The Hall–Kier alpha value is -1.65. The van der Waals surface area contributed by atoms with Gasteiger partial charge in [0, 0.05) is 17.0 Å². The van der Waals surface area contributed by atoms with Crippen molar-refractivity contribution in [2.24, 2.45) is 5.73 Å². The minimum Gasteiger partial charge on any atom is -0.483 e. The summed E-state index contributed by atoms with van der Waals surface area (Å²) in [6, 6.07) is 5.10. The van der Waals surface area contributed by atoms with Crippen LogP contribution in [0.5, 0.6) is 5.75 Å². The first kappa shape index (κ1) is 16.4. The second-order valence-corrected chi connectivity index (χ2v) is 5.91. The molecule has 0 spiro atoms. The van der Waals surface area contributed by atoms with Gasteiger partial charge in [0.2, 0.25) is 0 Å². The number of halogens is 1. The standard InChI is InChI=1S/C13H16BrN3O3/c1-8-4-10(14)5-11(17(18)19)12(8)20-9(2)6-13(3,16)7-15/h4-5,9H,6,16H2,1-3H3. The van der Waals surface area contributed by atoms with Gasteiger partial charge in [-0.15, -0.1) is 0 Å². The molecule has 0 saturated heterocycles. The molecule has 0 aliphatic heterocycles. The zero-order chi connectivity index (χ0) is 15.5. The van der Waals surface area contributed by atoms with Gasteiger partial charge in [-0.2, -0.15) is 5.26 Å². The van der Waals surface area contributed by atoms with E-state index in [0.29, 0.717) is 10.0 Å². The van der Waals surface area contributed by atoms with Gasteiger partial charge in [-0.3, -0.25) is 10.1 Å². The van der Waals surface area contributed by atoms with Crippen molar-refractivity contribution in [3.8, 4) is 11.8 Å². The van der Waals surface area contributed by atoms with Crippen molar-refractivity contribution in [3.63, 3.8) is 0 Å². The lowest BCUT2D eigenvalue weighted by atomic mass is 9.98.